The number of aliphatic hydroxyl groups excluding tert-OH is 1. The Morgan fingerprint density at radius 1 is 1.27 bits per heavy atom. The van der Waals surface area contributed by atoms with Crippen molar-refractivity contribution in [2.45, 2.75) is 44.5 Å². The van der Waals surface area contributed by atoms with Crippen molar-refractivity contribution in [3.8, 4) is 11.3 Å². The highest BCUT2D eigenvalue weighted by Crippen LogP contribution is 2.44. The predicted octanol–water partition coefficient (Wildman–Crippen LogP) is 3.68. The molecule has 0 saturated carbocycles. The number of hydrogen-bond acceptors (Lipinski definition) is 5. The molecule has 0 radical (unpaired) electrons. The van der Waals surface area contributed by atoms with Crippen LogP contribution in [0.3, 0.4) is 0 Å². The Balaban J connectivity index is 1.85. The van der Waals surface area contributed by atoms with Gasteiger partial charge in [0, 0.05) is 41.8 Å². The minimum Gasteiger partial charge on any atom is -0.396 e. The van der Waals surface area contributed by atoms with Gasteiger partial charge in [-0.2, -0.15) is 0 Å². The summed E-state index contributed by atoms with van der Waals surface area (Å²) in [6.07, 6.45) is 0.439. The zero-order valence-corrected chi connectivity index (χ0v) is 21.6. The van der Waals surface area contributed by atoms with Crippen LogP contribution in [-0.4, -0.2) is 67.1 Å². The number of nitrogens with zero attached hydrogens (tertiary/aromatic N) is 3. The number of rotatable bonds is 5. The van der Waals surface area contributed by atoms with E-state index in [2.05, 4.69) is 15.9 Å². The molecule has 1 aromatic carbocycles. The summed E-state index contributed by atoms with van der Waals surface area (Å²) < 4.78 is 21.2. The van der Waals surface area contributed by atoms with Crippen LogP contribution in [0.5, 0.6) is 0 Å². The highest BCUT2D eigenvalue weighted by atomic mass is 79.9. The van der Waals surface area contributed by atoms with E-state index in [9.17, 15) is 14.1 Å². The Morgan fingerprint density at radius 3 is 2.64 bits per heavy atom. The largest absolute Gasteiger partial charge is 0.396 e. The first kappa shape index (κ1) is 24.5. The second-order valence-electron chi connectivity index (χ2n) is 9.31. The number of hydrogen-bond donors (Lipinski definition) is 1. The number of ether oxygens (including phenoxy) is 1. The summed E-state index contributed by atoms with van der Waals surface area (Å²) in [7, 11) is -1.29. The molecule has 0 bridgehead atoms. The average Bonchev–Trinajstić information content (AvgIpc) is 3.15. The number of fused-ring (bicyclic) bond motifs is 1. The number of carbonyl (C=O) groups excluding carboxylic acids is 1. The van der Waals surface area contributed by atoms with E-state index in [-0.39, 0.29) is 18.6 Å². The van der Waals surface area contributed by atoms with Crippen molar-refractivity contribution in [3.63, 3.8) is 0 Å². The van der Waals surface area contributed by atoms with E-state index in [1.54, 1.807) is 4.90 Å². The van der Waals surface area contributed by atoms with Crippen molar-refractivity contribution < 1.29 is 18.8 Å². The van der Waals surface area contributed by atoms with Gasteiger partial charge in [-0.3, -0.25) is 4.79 Å². The fourth-order valence-corrected chi connectivity index (χ4v) is 6.16. The van der Waals surface area contributed by atoms with Gasteiger partial charge in [0.1, 0.15) is 16.7 Å². The summed E-state index contributed by atoms with van der Waals surface area (Å²) in [5, 5.41) is 9.85. The molecular weight excluding hydrogens is 506 g/mol. The van der Waals surface area contributed by atoms with Gasteiger partial charge in [-0.05, 0) is 51.0 Å². The van der Waals surface area contributed by atoms with Gasteiger partial charge in [-0.1, -0.05) is 28.1 Å². The lowest BCUT2D eigenvalue weighted by atomic mass is 9.96. The van der Waals surface area contributed by atoms with Crippen molar-refractivity contribution >= 4 is 32.8 Å². The van der Waals surface area contributed by atoms with Crippen molar-refractivity contribution in [3.05, 3.63) is 51.6 Å². The molecule has 3 heterocycles. The van der Waals surface area contributed by atoms with Gasteiger partial charge in [-0.25, -0.2) is 13.5 Å². The molecule has 0 spiro atoms. The van der Waals surface area contributed by atoms with Crippen molar-refractivity contribution in [1.29, 1.82) is 0 Å². The quantitative estimate of drug-likeness (QED) is 0.631. The minimum absolute atomic E-state index is 0.0334. The monoisotopic (exact) mass is 535 g/mol. The first-order chi connectivity index (χ1) is 15.7. The number of carbonyl (C=O) groups is 1. The van der Waals surface area contributed by atoms with Crippen LogP contribution in [0, 0.1) is 0 Å². The molecule has 2 aromatic rings. The summed E-state index contributed by atoms with van der Waals surface area (Å²) in [4.78, 5) is 19.9. The van der Waals surface area contributed by atoms with E-state index in [1.165, 1.54) is 0 Å². The van der Waals surface area contributed by atoms with Crippen LogP contribution in [0.15, 0.2) is 34.8 Å². The minimum atomic E-state index is -1.29. The Hall–Kier alpha value is -1.65. The number of morpholine rings is 1. The second-order valence-corrected chi connectivity index (χ2v) is 12.4. The fourth-order valence-electron chi connectivity index (χ4n) is 4.36. The summed E-state index contributed by atoms with van der Waals surface area (Å²) in [6.45, 7) is 8.37. The Bertz CT molecular complexity index is 1070. The number of pyridine rings is 1. The number of aliphatic hydroxyl groups is 1. The van der Waals surface area contributed by atoms with Gasteiger partial charge in [0.05, 0.1) is 29.7 Å². The van der Waals surface area contributed by atoms with Crippen LogP contribution < -0.4 is 0 Å². The normalized spacial score (nSPS) is 20.0. The van der Waals surface area contributed by atoms with E-state index >= 15 is 0 Å². The van der Waals surface area contributed by atoms with Gasteiger partial charge < -0.3 is 14.7 Å². The second kappa shape index (κ2) is 9.92. The third kappa shape index (κ3) is 5.07. The van der Waals surface area contributed by atoms with Crippen LogP contribution in [0.25, 0.3) is 11.3 Å². The highest BCUT2D eigenvalue weighted by molar-refractivity contribution is 9.10. The molecule has 2 aliphatic rings. The number of halogens is 1. The molecule has 9 heteroatoms. The molecule has 1 saturated heterocycles. The van der Waals surface area contributed by atoms with Gasteiger partial charge >= 0.3 is 0 Å². The molecule has 1 fully saturated rings. The van der Waals surface area contributed by atoms with Gasteiger partial charge in [0.25, 0.3) is 5.91 Å². The topological polar surface area (TPSA) is 83.0 Å². The van der Waals surface area contributed by atoms with Crippen LogP contribution in [0.4, 0.5) is 0 Å². The van der Waals surface area contributed by atoms with Crippen molar-refractivity contribution in [1.82, 2.24) is 14.2 Å². The zero-order valence-electron chi connectivity index (χ0n) is 19.2. The Kier molecular flexibility index (Phi) is 7.35. The molecule has 7 nitrogen and oxygen atoms in total. The molecule has 2 atom stereocenters. The molecule has 178 valence electrons. The standard InChI is InChI=1S/C24H30BrN3O4S/c1-24(2,3)33(31)28-15-17-14-19(23(30)27-8-11-32-12-9-27)26-22(21(17)20(28)7-10-29)16-5-4-6-18(25)13-16/h4-6,13-14,20,29H,7-12,15H2,1-3H3/t20-,33?/m1/s1. The predicted molar refractivity (Wildman–Crippen MR) is 132 cm³/mol. The lowest BCUT2D eigenvalue weighted by Crippen LogP contribution is -2.41. The summed E-state index contributed by atoms with van der Waals surface area (Å²) in [5.41, 5.74) is 3.85. The van der Waals surface area contributed by atoms with Crippen LogP contribution in [0.1, 0.15) is 54.8 Å². The maximum Gasteiger partial charge on any atom is 0.272 e. The van der Waals surface area contributed by atoms with Gasteiger partial charge in [0.2, 0.25) is 0 Å². The molecule has 0 aliphatic carbocycles. The maximum absolute atomic E-state index is 13.4. The summed E-state index contributed by atoms with van der Waals surface area (Å²) >= 11 is 3.54. The third-order valence-electron chi connectivity index (χ3n) is 5.91. The molecule has 33 heavy (non-hydrogen) atoms. The van der Waals surface area contributed by atoms with Crippen molar-refractivity contribution in [2.24, 2.45) is 0 Å². The molecule has 2 aliphatic heterocycles. The van der Waals surface area contributed by atoms with Crippen molar-refractivity contribution in [2.75, 3.05) is 32.9 Å². The van der Waals surface area contributed by atoms with Gasteiger partial charge in [0.15, 0.2) is 0 Å². The SMILES string of the molecule is CC(C)(C)S(=O)N1Cc2cc(C(=O)N3CCOCC3)nc(-c3cccc(Br)c3)c2[C@H]1CCO. The molecule has 1 unspecified atom stereocenters. The molecular formula is C24H30BrN3O4S. The number of aromatic nitrogens is 1. The zero-order chi connectivity index (χ0) is 23.8. The molecule has 1 amide bonds. The first-order valence-corrected chi connectivity index (χ1v) is 13.1. The van der Waals surface area contributed by atoms with E-state index in [4.69, 9.17) is 9.72 Å². The fraction of sp³-hybridized carbons (Fsp3) is 0.500. The van der Waals surface area contributed by atoms with Crippen LogP contribution in [0.2, 0.25) is 0 Å². The first-order valence-electron chi connectivity index (χ1n) is 11.2. The summed E-state index contributed by atoms with van der Waals surface area (Å²) in [5.74, 6) is -0.119. The van der Waals surface area contributed by atoms with E-state index in [0.29, 0.717) is 50.7 Å². The van der Waals surface area contributed by atoms with E-state index in [1.807, 2.05) is 55.4 Å². The number of benzene rings is 1. The molecule has 1 aromatic heterocycles. The maximum atomic E-state index is 13.4. The van der Waals surface area contributed by atoms with Crippen LogP contribution in [-0.2, 0) is 22.3 Å². The Morgan fingerprint density at radius 2 is 2.00 bits per heavy atom. The highest BCUT2D eigenvalue weighted by Gasteiger charge is 2.40. The lowest BCUT2D eigenvalue weighted by molar-refractivity contribution is 0.0299. The molecule has 1 N–H and O–H groups in total. The number of amides is 1. The third-order valence-corrected chi connectivity index (χ3v) is 8.26. The average molecular weight is 536 g/mol. The molecule has 4 rings (SSSR count). The van der Waals surface area contributed by atoms with Gasteiger partial charge in [-0.15, -0.1) is 0 Å². The Labute approximate surface area is 205 Å². The summed E-state index contributed by atoms with van der Waals surface area (Å²) in [6, 6.07) is 9.42. The smallest absolute Gasteiger partial charge is 0.272 e. The van der Waals surface area contributed by atoms with Crippen LogP contribution >= 0.6 is 15.9 Å². The lowest BCUT2D eigenvalue weighted by Gasteiger charge is -2.30. The van der Waals surface area contributed by atoms with E-state index < -0.39 is 15.7 Å². The van der Waals surface area contributed by atoms with E-state index in [0.717, 1.165) is 21.2 Å².